The van der Waals surface area contributed by atoms with E-state index in [1.54, 1.807) is 48.5 Å². The van der Waals surface area contributed by atoms with Crippen molar-refractivity contribution < 1.29 is 81.0 Å². The molecule has 6 heterocycles. The fourth-order valence-electron chi connectivity index (χ4n) is 13.1. The van der Waals surface area contributed by atoms with Crippen molar-refractivity contribution in [2.24, 2.45) is 11.5 Å². The number of methoxy groups -OCH3 is 1. The number of Topliss-reactive ketones (excluding diaryl/α,β-unsaturated/α-hetero) is 1. The quantitative estimate of drug-likeness (QED) is 0.0425. The molecule has 574 valence electrons. The standard InChI is InChI=1S/C74H89F2N17O15/c1-39-66(100)88-55(26-44-34-80-52-19-15-46(75)28-50(44)52)62(95)37-82-57(27-45-35-81-53-20-16-47(76)29-51(45)53)68(102)90-60(32-64(97)98)71(105)89-58(30-48-36-79-38-84-48)69(103)91-61(25-42-13-17-49(108-4)18-14-42)72(106)93-23-7-21-74(93,3)73(107)92-56(65(78)99)24-41-9-11-43(12-10-41)33-83-63(96)31-59(86-40(2)94)70(104)87-54(67(101)85-39)8-5-6-22-77/h9-20,28-29,34-36,38-39,54-61,80-82H,5-8,21-27,30-33,37,77H2,1-4H3,(H2,78,99)(H,79,84)(H,83,96)(H,85,101)(H,86,94)(H,87,104)(H,88,100)(H,89,105)(H,90,102)(H,91,103)(H,92,107)(H,97,98)/t39-,54+,55+,56+,57+,58+,59+,60+,61+,74+/m1/s1. The number of primary amides is 1. The SMILES string of the molecule is COc1ccc(C[C@@H]2NC(=O)[C@H](Cc3cnc[nH]3)NC(=O)[C@H](CC(=O)O)NC(=O)[C@H](Cc3c[nH]c4ccc(F)cc34)NCC(=O)[C@H](Cc3c[nH]c4ccc(F)cc34)NC(=O)[C@@H](C)NC(=O)[C@H](CCCCN)NC(=O)[C@@H](NC(C)=O)CC(=O)NCc3ccc(cc3)C[C@@H](C(N)=O)NC(=O)[C@]3(C)CCCN3C2=O)cc1. The summed E-state index contributed by atoms with van der Waals surface area (Å²) in [5, 5.41) is 37.3. The minimum Gasteiger partial charge on any atom is -0.497 e. The summed E-state index contributed by atoms with van der Waals surface area (Å²) < 4.78 is 35.3. The molecule has 11 amide bonds. The molecule has 0 aliphatic carbocycles. The Labute approximate surface area is 618 Å². The van der Waals surface area contributed by atoms with E-state index in [9.17, 15) is 61.8 Å². The van der Waals surface area contributed by atoms with Crippen LogP contribution in [0.25, 0.3) is 21.8 Å². The summed E-state index contributed by atoms with van der Waals surface area (Å²) in [6, 6.07) is 6.53. The largest absolute Gasteiger partial charge is 0.497 e. The third-order valence-corrected chi connectivity index (χ3v) is 19.1. The lowest BCUT2D eigenvalue weighted by Crippen LogP contribution is -2.63. The van der Waals surface area contributed by atoms with Gasteiger partial charge in [0.1, 0.15) is 65.2 Å². The Kier molecular flexibility index (Phi) is 27.4. The molecular formula is C74H89F2N17O15. The van der Waals surface area contributed by atoms with Gasteiger partial charge in [-0.15, -0.1) is 0 Å². The number of nitrogens with two attached hydrogens (primary N) is 2. The number of aromatic nitrogens is 4. The van der Waals surface area contributed by atoms with Crippen LogP contribution in [-0.2, 0) is 101 Å². The number of carbonyl (C=O) groups is 13. The molecule has 0 spiro atoms. The number of halogens is 2. The highest BCUT2D eigenvalue weighted by Gasteiger charge is 2.49. The number of amides is 11. The summed E-state index contributed by atoms with van der Waals surface area (Å²) in [5.74, 6) is -13.3. The first-order chi connectivity index (χ1) is 51.6. The molecule has 10 atom stereocenters. The molecule has 10 rings (SSSR count). The van der Waals surface area contributed by atoms with E-state index in [-0.39, 0.29) is 88.5 Å². The Morgan fingerprint density at radius 1 is 0.657 bits per heavy atom. The van der Waals surface area contributed by atoms with Gasteiger partial charge in [-0.3, -0.25) is 67.6 Å². The molecule has 0 saturated carbocycles. The van der Waals surface area contributed by atoms with Gasteiger partial charge in [0, 0.05) is 91.8 Å². The van der Waals surface area contributed by atoms with Crippen LogP contribution >= 0.6 is 0 Å². The first-order valence-electron chi connectivity index (χ1n) is 35.2. The normalized spacial score (nSPS) is 23.3. The van der Waals surface area contributed by atoms with Gasteiger partial charge >= 0.3 is 5.97 Å². The summed E-state index contributed by atoms with van der Waals surface area (Å²) >= 11 is 0. The van der Waals surface area contributed by atoms with E-state index < -0.39 is 168 Å². The number of hydrogen-bond acceptors (Lipinski definition) is 17. The highest BCUT2D eigenvalue weighted by Crippen LogP contribution is 2.32. The van der Waals surface area contributed by atoms with Crippen molar-refractivity contribution in [3.05, 3.63) is 155 Å². The van der Waals surface area contributed by atoms with Crippen LogP contribution in [0, 0.1) is 11.6 Å². The van der Waals surface area contributed by atoms with E-state index in [1.807, 2.05) is 0 Å². The Hall–Kier alpha value is -11.9. The lowest BCUT2D eigenvalue weighted by Gasteiger charge is -2.37. The number of carboxylic acid groups (broad SMARTS) is 1. The number of benzene rings is 4. The van der Waals surface area contributed by atoms with Crippen LogP contribution in [-0.4, -0.2) is 193 Å². The van der Waals surface area contributed by atoms with Crippen molar-refractivity contribution in [2.45, 2.75) is 164 Å². The van der Waals surface area contributed by atoms with Crippen molar-refractivity contribution >= 4 is 98.5 Å². The molecule has 2 bridgehead atoms. The number of hydrogen-bond donors (Lipinski definition) is 16. The molecule has 3 aromatic heterocycles. The molecule has 0 unspecified atom stereocenters. The van der Waals surface area contributed by atoms with Gasteiger partial charge in [-0.05, 0) is 135 Å². The lowest BCUT2D eigenvalue weighted by molar-refractivity contribution is -0.147. The van der Waals surface area contributed by atoms with Gasteiger partial charge in [0.25, 0.3) is 0 Å². The molecule has 1 saturated heterocycles. The first kappa shape index (κ1) is 80.2. The van der Waals surface area contributed by atoms with Gasteiger partial charge in [0.2, 0.25) is 65.0 Å². The molecule has 3 aliphatic rings. The van der Waals surface area contributed by atoms with E-state index in [4.69, 9.17) is 16.2 Å². The molecule has 108 heavy (non-hydrogen) atoms. The summed E-state index contributed by atoms with van der Waals surface area (Å²) in [6.45, 7) is 3.19. The number of nitrogens with one attached hydrogen (secondary N) is 13. The maximum atomic E-state index is 15.3. The molecule has 32 nitrogen and oxygen atoms in total. The van der Waals surface area contributed by atoms with Crippen LogP contribution in [0.5, 0.6) is 5.75 Å². The number of nitrogens with zero attached hydrogens (tertiary/aromatic N) is 2. The Bertz CT molecular complexity index is 4460. The van der Waals surface area contributed by atoms with Crippen LogP contribution in [0.15, 0.2) is 110 Å². The van der Waals surface area contributed by atoms with E-state index in [0.717, 1.165) is 6.92 Å². The highest BCUT2D eigenvalue weighted by atomic mass is 19.1. The summed E-state index contributed by atoms with van der Waals surface area (Å²) in [5.41, 5.74) is 13.4. The van der Waals surface area contributed by atoms with Gasteiger partial charge in [-0.1, -0.05) is 36.4 Å². The number of fused-ring (bicyclic) bond motifs is 34. The second-order valence-electron chi connectivity index (χ2n) is 27.1. The summed E-state index contributed by atoms with van der Waals surface area (Å²) in [6.07, 6.45) is 3.38. The van der Waals surface area contributed by atoms with E-state index in [0.29, 0.717) is 56.4 Å². The van der Waals surface area contributed by atoms with Crippen LogP contribution in [0.2, 0.25) is 0 Å². The van der Waals surface area contributed by atoms with Crippen LogP contribution in [0.1, 0.15) is 99.2 Å². The topological polar surface area (TPSA) is 487 Å². The van der Waals surface area contributed by atoms with Crippen molar-refractivity contribution in [3.8, 4) is 5.75 Å². The molecule has 34 heteroatoms. The molecule has 4 aromatic carbocycles. The fourth-order valence-corrected chi connectivity index (χ4v) is 13.1. The molecule has 1 fully saturated rings. The van der Waals surface area contributed by atoms with Gasteiger partial charge in [0.05, 0.1) is 44.9 Å². The van der Waals surface area contributed by atoms with Crippen molar-refractivity contribution in [2.75, 3.05) is 26.7 Å². The second-order valence-corrected chi connectivity index (χ2v) is 27.1. The number of rotatable bonds is 17. The predicted molar refractivity (Wildman–Crippen MR) is 387 cm³/mol. The number of ketones is 1. The van der Waals surface area contributed by atoms with Crippen LogP contribution in [0.3, 0.4) is 0 Å². The number of carboxylic acids is 1. The molecular weight excluding hydrogens is 1400 g/mol. The molecule has 3 aliphatic heterocycles. The molecule has 7 aromatic rings. The first-order valence-corrected chi connectivity index (χ1v) is 35.2. The zero-order valence-electron chi connectivity index (χ0n) is 59.9. The van der Waals surface area contributed by atoms with Gasteiger partial charge < -0.3 is 89.0 Å². The second kappa shape index (κ2) is 36.9. The summed E-state index contributed by atoms with van der Waals surface area (Å²) in [7, 11) is 1.45. The van der Waals surface area contributed by atoms with Crippen molar-refractivity contribution in [1.29, 1.82) is 0 Å². The van der Waals surface area contributed by atoms with Crippen LogP contribution < -0.4 is 69.4 Å². The Balaban J connectivity index is 1.08. The summed E-state index contributed by atoms with van der Waals surface area (Å²) in [4.78, 5) is 199. The third kappa shape index (κ3) is 21.4. The van der Waals surface area contributed by atoms with Crippen LogP contribution in [0.4, 0.5) is 8.78 Å². The number of unbranched alkanes of at least 4 members (excludes halogenated alkanes) is 1. The van der Waals surface area contributed by atoms with E-state index in [1.165, 1.54) is 87.2 Å². The van der Waals surface area contributed by atoms with Gasteiger partial charge in [-0.25, -0.2) is 13.8 Å². The Morgan fingerprint density at radius 2 is 1.25 bits per heavy atom. The minimum atomic E-state index is -2.01. The van der Waals surface area contributed by atoms with Gasteiger partial charge in [-0.2, -0.15) is 0 Å². The average Bonchev–Trinajstić information content (AvgIpc) is 1.61. The highest BCUT2D eigenvalue weighted by molar-refractivity contribution is 6.01. The Morgan fingerprint density at radius 3 is 1.86 bits per heavy atom. The minimum absolute atomic E-state index is 0.0112. The number of aliphatic carboxylic acids is 1. The number of carbonyl (C=O) groups excluding carboxylic acids is 12. The number of ether oxygens (including phenoxy) is 1. The smallest absolute Gasteiger partial charge is 0.305 e. The number of H-pyrrole nitrogens is 3. The average molecular weight is 1490 g/mol. The van der Waals surface area contributed by atoms with Crippen molar-refractivity contribution in [1.82, 2.24) is 78.0 Å². The third-order valence-electron chi connectivity index (χ3n) is 19.1. The predicted octanol–water partition coefficient (Wildman–Crippen LogP) is 0.108. The number of imidazole rings is 1. The molecule has 0 radical (unpaired) electrons. The molecule has 18 N–H and O–H groups in total. The van der Waals surface area contributed by atoms with E-state index >= 15 is 14.4 Å². The zero-order valence-corrected chi connectivity index (χ0v) is 59.9. The zero-order chi connectivity index (χ0) is 77.9. The maximum Gasteiger partial charge on any atom is 0.305 e. The monoisotopic (exact) mass is 1490 g/mol. The lowest BCUT2D eigenvalue weighted by atomic mass is 9.94. The maximum absolute atomic E-state index is 15.3. The van der Waals surface area contributed by atoms with Gasteiger partial charge in [0.15, 0.2) is 5.78 Å². The fraction of sp³-hybridized carbons (Fsp3) is 0.405. The number of aromatic amines is 3. The van der Waals surface area contributed by atoms with E-state index in [2.05, 4.69) is 73.1 Å². The van der Waals surface area contributed by atoms with Crippen molar-refractivity contribution in [3.63, 3.8) is 0 Å².